The van der Waals surface area contributed by atoms with Crippen LogP contribution in [0.25, 0.3) is 11.2 Å². The van der Waals surface area contributed by atoms with Crippen molar-refractivity contribution >= 4 is 17.1 Å². The molecule has 3 aromatic rings. The fraction of sp³-hybridized carbons (Fsp3) is 0.250. The van der Waals surface area contributed by atoms with Gasteiger partial charge in [0.15, 0.2) is 5.65 Å². The second-order valence-electron chi connectivity index (χ2n) is 5.08. The third kappa shape index (κ3) is 2.67. The number of anilines is 1. The predicted molar refractivity (Wildman–Crippen MR) is 83.4 cm³/mol. The molecule has 0 unspecified atom stereocenters. The van der Waals surface area contributed by atoms with Crippen molar-refractivity contribution in [3.8, 4) is 5.75 Å². The molecule has 0 aliphatic rings. The first-order valence-electron chi connectivity index (χ1n) is 6.88. The molecule has 3 rings (SSSR count). The first kappa shape index (κ1) is 13.4. The quantitative estimate of drug-likeness (QED) is 0.798. The normalized spacial score (nSPS) is 11.0. The number of aromatic nitrogens is 3. The maximum atomic E-state index is 6.01. The van der Waals surface area contributed by atoms with Gasteiger partial charge in [-0.05, 0) is 42.7 Å². The van der Waals surface area contributed by atoms with E-state index in [1.54, 1.807) is 7.11 Å². The topological polar surface area (TPSA) is 66.0 Å². The molecule has 0 aliphatic heterocycles. The van der Waals surface area contributed by atoms with Crippen LogP contribution >= 0.6 is 0 Å². The van der Waals surface area contributed by atoms with Crippen LogP contribution in [0.3, 0.4) is 0 Å². The molecule has 5 nitrogen and oxygen atoms in total. The van der Waals surface area contributed by atoms with Gasteiger partial charge in [-0.2, -0.15) is 0 Å². The highest BCUT2D eigenvalue weighted by atomic mass is 16.5. The van der Waals surface area contributed by atoms with Crippen LogP contribution in [0.15, 0.2) is 36.5 Å². The Kier molecular flexibility index (Phi) is 3.48. The van der Waals surface area contributed by atoms with Gasteiger partial charge in [0.2, 0.25) is 5.95 Å². The highest BCUT2D eigenvalue weighted by Crippen LogP contribution is 2.18. The van der Waals surface area contributed by atoms with E-state index in [-0.39, 0.29) is 0 Å². The molecule has 0 saturated heterocycles. The Morgan fingerprint density at radius 2 is 2.14 bits per heavy atom. The first-order chi connectivity index (χ1) is 10.2. The molecule has 0 bridgehead atoms. The lowest BCUT2D eigenvalue weighted by Gasteiger charge is -2.07. The Morgan fingerprint density at radius 3 is 2.95 bits per heavy atom. The van der Waals surface area contributed by atoms with Gasteiger partial charge in [0.05, 0.1) is 7.11 Å². The minimum atomic E-state index is 0.506. The number of aryl methyl sites for hydroxylation is 3. The molecule has 0 fully saturated rings. The first-order valence-corrected chi connectivity index (χ1v) is 6.88. The van der Waals surface area contributed by atoms with E-state index < -0.39 is 0 Å². The molecule has 2 N–H and O–H groups in total. The zero-order valence-electron chi connectivity index (χ0n) is 12.2. The minimum Gasteiger partial charge on any atom is -0.497 e. The highest BCUT2D eigenvalue weighted by Gasteiger charge is 2.09. The Bertz CT molecular complexity index is 779. The summed E-state index contributed by atoms with van der Waals surface area (Å²) in [6.07, 6.45) is 2.69. The summed E-state index contributed by atoms with van der Waals surface area (Å²) in [6, 6.07) is 10.0. The zero-order chi connectivity index (χ0) is 14.8. The summed E-state index contributed by atoms with van der Waals surface area (Å²) < 4.78 is 7.20. The van der Waals surface area contributed by atoms with Gasteiger partial charge in [-0.1, -0.05) is 12.1 Å². The molecule has 108 valence electrons. The molecule has 0 amide bonds. The number of hydrogen-bond acceptors (Lipinski definition) is 4. The Morgan fingerprint density at radius 1 is 1.29 bits per heavy atom. The average Bonchev–Trinajstić information content (AvgIpc) is 2.80. The molecule has 0 saturated carbocycles. The molecule has 0 spiro atoms. The lowest BCUT2D eigenvalue weighted by Crippen LogP contribution is -2.06. The van der Waals surface area contributed by atoms with Crippen LogP contribution in [0.4, 0.5) is 5.95 Å². The molecule has 1 aromatic carbocycles. The number of methoxy groups -OCH3 is 1. The van der Waals surface area contributed by atoms with Gasteiger partial charge in [-0.3, -0.25) is 4.57 Å². The van der Waals surface area contributed by atoms with Crippen LogP contribution < -0.4 is 10.5 Å². The lowest BCUT2D eigenvalue weighted by molar-refractivity contribution is 0.414. The van der Waals surface area contributed by atoms with Crippen molar-refractivity contribution in [2.24, 2.45) is 0 Å². The molecule has 21 heavy (non-hydrogen) atoms. The fourth-order valence-electron chi connectivity index (χ4n) is 2.42. The Labute approximate surface area is 123 Å². The van der Waals surface area contributed by atoms with Crippen molar-refractivity contribution in [1.82, 2.24) is 14.5 Å². The minimum absolute atomic E-state index is 0.506. The van der Waals surface area contributed by atoms with Crippen molar-refractivity contribution in [1.29, 1.82) is 0 Å². The van der Waals surface area contributed by atoms with E-state index in [0.29, 0.717) is 5.95 Å². The lowest BCUT2D eigenvalue weighted by atomic mass is 10.1. The van der Waals surface area contributed by atoms with Crippen molar-refractivity contribution in [2.75, 3.05) is 12.8 Å². The summed E-state index contributed by atoms with van der Waals surface area (Å²) >= 11 is 0. The third-order valence-electron chi connectivity index (χ3n) is 3.51. The second-order valence-corrected chi connectivity index (χ2v) is 5.08. The summed E-state index contributed by atoms with van der Waals surface area (Å²) in [5.41, 5.74) is 9.97. The maximum Gasteiger partial charge on any atom is 0.202 e. The number of rotatable bonds is 4. The molecule has 5 heteroatoms. The van der Waals surface area contributed by atoms with Crippen LogP contribution in [0.2, 0.25) is 0 Å². The van der Waals surface area contributed by atoms with E-state index in [0.717, 1.165) is 35.4 Å². The molecule has 2 aromatic heterocycles. The standard InChI is InChI=1S/C16H18N4O/c1-11-8-14-15(18-10-11)20(16(17)19-14)7-6-12-4-3-5-13(9-12)21-2/h3-5,8-10H,6-7H2,1-2H3,(H2,17,19). The molecule has 2 heterocycles. The smallest absolute Gasteiger partial charge is 0.202 e. The van der Waals surface area contributed by atoms with E-state index in [4.69, 9.17) is 10.5 Å². The largest absolute Gasteiger partial charge is 0.497 e. The number of pyridine rings is 1. The molecule has 0 aliphatic carbocycles. The molecular formula is C16H18N4O. The van der Waals surface area contributed by atoms with Gasteiger partial charge in [0.25, 0.3) is 0 Å². The van der Waals surface area contributed by atoms with Crippen LogP contribution in [-0.4, -0.2) is 21.6 Å². The number of nitrogens with two attached hydrogens (primary N) is 1. The Hall–Kier alpha value is -2.56. The predicted octanol–water partition coefficient (Wildman–Crippen LogP) is 2.57. The average molecular weight is 282 g/mol. The van der Waals surface area contributed by atoms with Gasteiger partial charge in [0, 0.05) is 12.7 Å². The molecule has 0 atom stereocenters. The van der Waals surface area contributed by atoms with E-state index in [9.17, 15) is 0 Å². The van der Waals surface area contributed by atoms with Gasteiger partial charge in [0.1, 0.15) is 11.3 Å². The summed E-state index contributed by atoms with van der Waals surface area (Å²) in [5, 5.41) is 0. The van der Waals surface area contributed by atoms with Crippen molar-refractivity contribution in [3.05, 3.63) is 47.7 Å². The zero-order valence-corrected chi connectivity index (χ0v) is 12.2. The van der Waals surface area contributed by atoms with Gasteiger partial charge < -0.3 is 10.5 Å². The highest BCUT2D eigenvalue weighted by molar-refractivity contribution is 5.74. The summed E-state index contributed by atoms with van der Waals surface area (Å²) in [7, 11) is 1.67. The van der Waals surface area contributed by atoms with Crippen molar-refractivity contribution in [2.45, 2.75) is 19.9 Å². The number of hydrogen-bond donors (Lipinski definition) is 1. The van der Waals surface area contributed by atoms with E-state index in [2.05, 4.69) is 16.0 Å². The van der Waals surface area contributed by atoms with E-state index in [1.807, 2.05) is 42.0 Å². The van der Waals surface area contributed by atoms with E-state index in [1.165, 1.54) is 5.56 Å². The van der Waals surface area contributed by atoms with Crippen molar-refractivity contribution < 1.29 is 4.74 Å². The van der Waals surface area contributed by atoms with Gasteiger partial charge in [-0.15, -0.1) is 0 Å². The van der Waals surface area contributed by atoms with Gasteiger partial charge >= 0.3 is 0 Å². The number of nitrogen functional groups attached to an aromatic ring is 1. The van der Waals surface area contributed by atoms with Crippen LogP contribution in [0.1, 0.15) is 11.1 Å². The Balaban J connectivity index is 1.86. The SMILES string of the molecule is COc1cccc(CCn2c(N)nc3cc(C)cnc32)c1. The van der Waals surface area contributed by atoms with Crippen LogP contribution in [0.5, 0.6) is 5.75 Å². The summed E-state index contributed by atoms with van der Waals surface area (Å²) in [5.74, 6) is 1.37. The fourth-order valence-corrected chi connectivity index (χ4v) is 2.42. The number of nitrogens with zero attached hydrogens (tertiary/aromatic N) is 3. The van der Waals surface area contributed by atoms with Gasteiger partial charge in [-0.25, -0.2) is 9.97 Å². The number of imidazole rings is 1. The third-order valence-corrected chi connectivity index (χ3v) is 3.51. The van der Waals surface area contributed by atoms with Crippen molar-refractivity contribution in [3.63, 3.8) is 0 Å². The number of fused-ring (bicyclic) bond motifs is 1. The van der Waals surface area contributed by atoms with Crippen LogP contribution in [-0.2, 0) is 13.0 Å². The number of ether oxygens (including phenoxy) is 1. The monoisotopic (exact) mass is 282 g/mol. The second kappa shape index (κ2) is 5.44. The maximum absolute atomic E-state index is 6.01. The van der Waals surface area contributed by atoms with Crippen LogP contribution in [0, 0.1) is 6.92 Å². The van der Waals surface area contributed by atoms with E-state index >= 15 is 0 Å². The summed E-state index contributed by atoms with van der Waals surface area (Å²) in [4.78, 5) is 8.82. The summed E-state index contributed by atoms with van der Waals surface area (Å²) in [6.45, 7) is 2.74. The molecular weight excluding hydrogens is 264 g/mol. The molecule has 0 radical (unpaired) electrons. The number of benzene rings is 1.